The van der Waals surface area contributed by atoms with E-state index >= 15 is 0 Å². The fourth-order valence-corrected chi connectivity index (χ4v) is 3.54. The molecule has 27 heavy (non-hydrogen) atoms. The Morgan fingerprint density at radius 3 is 2.89 bits per heavy atom. The lowest BCUT2D eigenvalue weighted by atomic mass is 10.1. The van der Waals surface area contributed by atoms with E-state index in [9.17, 15) is 4.79 Å². The van der Waals surface area contributed by atoms with Crippen LogP contribution in [0.25, 0.3) is 0 Å². The van der Waals surface area contributed by atoms with Crippen LogP contribution in [0.15, 0.2) is 53.4 Å². The summed E-state index contributed by atoms with van der Waals surface area (Å²) >= 11 is 7.56. The average Bonchev–Trinajstić information content (AvgIpc) is 3.12. The second-order valence-corrected chi connectivity index (χ2v) is 7.42. The Morgan fingerprint density at radius 2 is 2.11 bits per heavy atom. The predicted molar refractivity (Wildman–Crippen MR) is 105 cm³/mol. The van der Waals surface area contributed by atoms with E-state index in [-0.39, 0.29) is 18.6 Å². The molecule has 0 saturated carbocycles. The molecule has 0 saturated heterocycles. The molecule has 1 atom stereocenters. The Balaban J connectivity index is 1.50. The van der Waals surface area contributed by atoms with Gasteiger partial charge in [-0.05, 0) is 42.2 Å². The van der Waals surface area contributed by atoms with Crippen molar-refractivity contribution in [2.24, 2.45) is 0 Å². The maximum atomic E-state index is 12.6. The third-order valence-electron chi connectivity index (χ3n) is 4.38. The topological polar surface area (TPSA) is 69.0 Å². The zero-order valence-electron chi connectivity index (χ0n) is 14.6. The summed E-state index contributed by atoms with van der Waals surface area (Å²) in [5.41, 5.74) is 2.71. The highest BCUT2D eigenvalue weighted by Gasteiger charge is 2.27. The van der Waals surface area contributed by atoms with Gasteiger partial charge in [-0.3, -0.25) is 4.79 Å². The van der Waals surface area contributed by atoms with E-state index in [2.05, 4.69) is 15.6 Å². The van der Waals surface area contributed by atoms with E-state index in [0.29, 0.717) is 23.0 Å². The zero-order chi connectivity index (χ0) is 18.8. The highest BCUT2D eigenvalue weighted by atomic mass is 35.5. The van der Waals surface area contributed by atoms with Crippen LogP contribution in [0.4, 0.5) is 5.69 Å². The number of carbonyl (C=O) groups is 1. The molecule has 1 aliphatic rings. The van der Waals surface area contributed by atoms with Crippen molar-refractivity contribution in [1.29, 1.82) is 0 Å². The van der Waals surface area contributed by atoms with Crippen LogP contribution in [0.3, 0.4) is 0 Å². The molecular weight excluding hydrogens is 384 g/mol. The molecule has 6 nitrogen and oxygen atoms in total. The van der Waals surface area contributed by atoms with Crippen LogP contribution in [0.2, 0.25) is 5.02 Å². The minimum Gasteiger partial charge on any atom is -0.365 e. The van der Waals surface area contributed by atoms with E-state index < -0.39 is 0 Å². The van der Waals surface area contributed by atoms with Crippen molar-refractivity contribution in [3.8, 4) is 0 Å². The van der Waals surface area contributed by atoms with Gasteiger partial charge in [0.15, 0.2) is 5.69 Å². The van der Waals surface area contributed by atoms with Gasteiger partial charge in [-0.2, -0.15) is 0 Å². The van der Waals surface area contributed by atoms with Crippen molar-refractivity contribution in [1.82, 2.24) is 15.0 Å². The lowest BCUT2D eigenvalue weighted by molar-refractivity contribution is -0.00171. The summed E-state index contributed by atoms with van der Waals surface area (Å²) in [7, 11) is 0. The van der Waals surface area contributed by atoms with Gasteiger partial charge in [-0.25, -0.2) is 4.68 Å². The molecular formula is C19H17ClN4O2S. The van der Waals surface area contributed by atoms with Crippen LogP contribution >= 0.6 is 23.4 Å². The van der Waals surface area contributed by atoms with Crippen molar-refractivity contribution in [2.75, 3.05) is 11.6 Å². The number of thioether (sulfide) groups is 1. The molecule has 0 bridgehead atoms. The normalized spacial score (nSPS) is 16.0. The van der Waals surface area contributed by atoms with Crippen molar-refractivity contribution < 1.29 is 9.53 Å². The van der Waals surface area contributed by atoms with Crippen LogP contribution in [-0.4, -0.2) is 27.2 Å². The van der Waals surface area contributed by atoms with Gasteiger partial charge < -0.3 is 10.1 Å². The number of ether oxygens (including phenoxy) is 1. The summed E-state index contributed by atoms with van der Waals surface area (Å²) in [5, 5.41) is 11.8. The van der Waals surface area contributed by atoms with Gasteiger partial charge in [0.25, 0.3) is 5.91 Å². The molecule has 8 heteroatoms. The number of carbonyl (C=O) groups excluding carboxylic acids is 1. The number of fused-ring (bicyclic) bond motifs is 1. The van der Waals surface area contributed by atoms with E-state index in [0.717, 1.165) is 16.1 Å². The SMILES string of the molecule is CSc1cccc(NC(=O)c2nnn3c2COC(c2ccc(Cl)cc2)C3)c1. The fraction of sp³-hybridized carbons (Fsp3) is 0.211. The molecule has 0 fully saturated rings. The van der Waals surface area contributed by atoms with Gasteiger partial charge in [0.1, 0.15) is 6.10 Å². The van der Waals surface area contributed by atoms with Gasteiger partial charge >= 0.3 is 0 Å². The number of nitrogens with one attached hydrogen (secondary N) is 1. The Bertz CT molecular complexity index is 974. The lowest BCUT2D eigenvalue weighted by Gasteiger charge is -2.24. The highest BCUT2D eigenvalue weighted by molar-refractivity contribution is 7.98. The first-order valence-corrected chi connectivity index (χ1v) is 9.99. The second kappa shape index (κ2) is 7.72. The lowest BCUT2D eigenvalue weighted by Crippen LogP contribution is -2.24. The first-order chi connectivity index (χ1) is 13.1. The summed E-state index contributed by atoms with van der Waals surface area (Å²) in [6.45, 7) is 0.771. The van der Waals surface area contributed by atoms with Gasteiger partial charge in [0, 0.05) is 15.6 Å². The number of nitrogens with zero attached hydrogens (tertiary/aromatic N) is 3. The monoisotopic (exact) mass is 400 g/mol. The van der Waals surface area contributed by atoms with Gasteiger partial charge in [-0.1, -0.05) is 35.0 Å². The van der Waals surface area contributed by atoms with Gasteiger partial charge in [0.05, 0.1) is 18.8 Å². The molecule has 0 radical (unpaired) electrons. The van der Waals surface area contributed by atoms with Crippen molar-refractivity contribution in [3.63, 3.8) is 0 Å². The Hall–Kier alpha value is -2.35. The molecule has 1 aromatic heterocycles. The Morgan fingerprint density at radius 1 is 1.30 bits per heavy atom. The summed E-state index contributed by atoms with van der Waals surface area (Å²) in [4.78, 5) is 13.7. The third-order valence-corrected chi connectivity index (χ3v) is 5.36. The van der Waals surface area contributed by atoms with Gasteiger partial charge in [-0.15, -0.1) is 16.9 Å². The van der Waals surface area contributed by atoms with Crippen molar-refractivity contribution >= 4 is 35.0 Å². The molecule has 3 aromatic rings. The second-order valence-electron chi connectivity index (χ2n) is 6.10. The first-order valence-electron chi connectivity index (χ1n) is 8.39. The van der Waals surface area contributed by atoms with Crippen molar-refractivity contribution in [2.45, 2.75) is 24.2 Å². The molecule has 1 aliphatic heterocycles. The number of hydrogen-bond donors (Lipinski definition) is 1. The number of benzene rings is 2. The smallest absolute Gasteiger partial charge is 0.278 e. The van der Waals surface area contributed by atoms with E-state index in [1.54, 1.807) is 16.4 Å². The predicted octanol–water partition coefficient (Wildman–Crippen LogP) is 4.18. The molecule has 2 heterocycles. The largest absolute Gasteiger partial charge is 0.365 e. The highest BCUT2D eigenvalue weighted by Crippen LogP contribution is 2.28. The first kappa shape index (κ1) is 18.0. The molecule has 0 spiro atoms. The molecule has 1 amide bonds. The van der Waals surface area contributed by atoms with Crippen molar-refractivity contribution in [3.05, 3.63) is 70.5 Å². The number of halogens is 1. The van der Waals surface area contributed by atoms with Crippen LogP contribution in [-0.2, 0) is 17.9 Å². The molecule has 138 valence electrons. The van der Waals surface area contributed by atoms with Crippen LogP contribution in [0.5, 0.6) is 0 Å². The average molecular weight is 401 g/mol. The number of aromatic nitrogens is 3. The zero-order valence-corrected chi connectivity index (χ0v) is 16.1. The molecule has 1 unspecified atom stereocenters. The summed E-state index contributed by atoms with van der Waals surface area (Å²) in [5.74, 6) is -0.289. The van der Waals surface area contributed by atoms with E-state index in [1.165, 1.54) is 0 Å². The minimum absolute atomic E-state index is 0.148. The number of amides is 1. The summed E-state index contributed by atoms with van der Waals surface area (Å²) < 4.78 is 7.67. The summed E-state index contributed by atoms with van der Waals surface area (Å²) in [6.07, 6.45) is 1.84. The maximum Gasteiger partial charge on any atom is 0.278 e. The van der Waals surface area contributed by atoms with E-state index in [4.69, 9.17) is 16.3 Å². The van der Waals surface area contributed by atoms with E-state index in [1.807, 2.05) is 54.8 Å². The molecule has 2 aromatic carbocycles. The van der Waals surface area contributed by atoms with Crippen LogP contribution in [0, 0.1) is 0 Å². The Labute approximate surface area is 165 Å². The van der Waals surface area contributed by atoms with Gasteiger partial charge in [0.2, 0.25) is 0 Å². The molecule has 1 N–H and O–H groups in total. The van der Waals surface area contributed by atoms with Crippen LogP contribution < -0.4 is 5.32 Å². The maximum absolute atomic E-state index is 12.6. The number of anilines is 1. The Kier molecular flexibility index (Phi) is 5.15. The van der Waals surface area contributed by atoms with Crippen LogP contribution in [0.1, 0.15) is 27.8 Å². The molecule has 4 rings (SSSR count). The minimum atomic E-state index is -0.289. The number of rotatable bonds is 4. The molecule has 0 aliphatic carbocycles. The quantitative estimate of drug-likeness (QED) is 0.665. The fourth-order valence-electron chi connectivity index (χ4n) is 2.96. The number of hydrogen-bond acceptors (Lipinski definition) is 5. The third kappa shape index (κ3) is 3.85. The summed E-state index contributed by atoms with van der Waals surface area (Å²) in [6, 6.07) is 15.2. The standard InChI is InChI=1S/C19H17ClN4O2S/c1-27-15-4-2-3-14(9-15)21-19(25)18-16-11-26-17(10-24(16)23-22-18)12-5-7-13(20)8-6-12/h2-9,17H,10-11H2,1H3,(H,21,25).